The highest BCUT2D eigenvalue weighted by Crippen LogP contribution is 2.36. The largest absolute Gasteiger partial charge is 0.486 e. The zero-order valence-corrected chi connectivity index (χ0v) is 21.9. The minimum atomic E-state index is -1.17. The number of halogens is 1. The zero-order chi connectivity index (χ0) is 26.7. The lowest BCUT2D eigenvalue weighted by Gasteiger charge is -2.30. The van der Waals surface area contributed by atoms with Gasteiger partial charge in [-0.1, -0.05) is 23.7 Å². The summed E-state index contributed by atoms with van der Waals surface area (Å²) >= 11 is 6.50. The van der Waals surface area contributed by atoms with Gasteiger partial charge < -0.3 is 24.8 Å². The molecule has 1 unspecified atom stereocenters. The first kappa shape index (κ1) is 25.7. The van der Waals surface area contributed by atoms with E-state index >= 15 is 0 Å². The molecule has 0 bridgehead atoms. The Balaban J connectivity index is 1.37. The van der Waals surface area contributed by atoms with Crippen molar-refractivity contribution < 1.29 is 19.4 Å². The lowest BCUT2D eigenvalue weighted by atomic mass is 10.1. The van der Waals surface area contributed by atoms with Crippen LogP contribution in [0.2, 0.25) is 5.02 Å². The Labute approximate surface area is 225 Å². The Bertz CT molecular complexity index is 1440. The Morgan fingerprint density at radius 2 is 2.00 bits per heavy atom. The smallest absolute Gasteiger partial charge is 0.266 e. The predicted octanol–water partition coefficient (Wildman–Crippen LogP) is 4.75. The van der Waals surface area contributed by atoms with E-state index in [1.54, 1.807) is 43.1 Å². The van der Waals surface area contributed by atoms with Crippen molar-refractivity contribution in [2.45, 2.75) is 38.6 Å². The maximum Gasteiger partial charge on any atom is 0.266 e. The van der Waals surface area contributed by atoms with Gasteiger partial charge in [0.1, 0.15) is 30.3 Å². The second-order valence-corrected chi connectivity index (χ2v) is 9.97. The van der Waals surface area contributed by atoms with Crippen LogP contribution in [0, 0.1) is 0 Å². The summed E-state index contributed by atoms with van der Waals surface area (Å²) < 4.78 is 12.1. The molecule has 1 saturated heterocycles. The van der Waals surface area contributed by atoms with Crippen LogP contribution in [0.1, 0.15) is 26.0 Å². The molecular weight excluding hydrogens is 506 g/mol. The highest BCUT2D eigenvalue weighted by molar-refractivity contribution is 6.32. The number of β-amino-alcohol motifs (C(OH)–C–C–N with tert-alkyl or cyclic N) is 1. The molecule has 0 aliphatic carbocycles. The molecule has 2 N–H and O–H groups in total. The van der Waals surface area contributed by atoms with Gasteiger partial charge in [-0.2, -0.15) is 0 Å². The minimum Gasteiger partial charge on any atom is -0.486 e. The van der Waals surface area contributed by atoms with E-state index in [1.807, 2.05) is 36.4 Å². The summed E-state index contributed by atoms with van der Waals surface area (Å²) in [5.74, 6) is 1.31. The second kappa shape index (κ2) is 10.8. The minimum absolute atomic E-state index is 0.189. The van der Waals surface area contributed by atoms with Crippen molar-refractivity contribution in [3.8, 4) is 11.5 Å². The van der Waals surface area contributed by atoms with Crippen molar-refractivity contribution in [1.29, 1.82) is 0 Å². The first-order valence-electron chi connectivity index (χ1n) is 12.3. The molecule has 9 nitrogen and oxygen atoms in total. The summed E-state index contributed by atoms with van der Waals surface area (Å²) in [6.45, 7) is 4.55. The highest BCUT2D eigenvalue weighted by Gasteiger charge is 2.37. The summed E-state index contributed by atoms with van der Waals surface area (Å²) in [5, 5.41) is 14.2. The summed E-state index contributed by atoms with van der Waals surface area (Å²) in [6, 6.07) is 16.4. The number of amides is 1. The van der Waals surface area contributed by atoms with Crippen molar-refractivity contribution in [2.24, 2.45) is 0 Å². The molecule has 1 aliphatic heterocycles. The van der Waals surface area contributed by atoms with E-state index < -0.39 is 11.7 Å². The first-order valence-corrected chi connectivity index (χ1v) is 12.7. The van der Waals surface area contributed by atoms with Gasteiger partial charge in [-0.25, -0.2) is 9.97 Å². The van der Waals surface area contributed by atoms with Gasteiger partial charge in [0.2, 0.25) is 0 Å². The number of ether oxygens (including phenoxy) is 2. The number of aliphatic hydroxyl groups is 1. The van der Waals surface area contributed by atoms with E-state index in [4.69, 9.17) is 21.1 Å². The molecule has 1 fully saturated rings. The number of anilines is 2. The van der Waals surface area contributed by atoms with Crippen LogP contribution in [0.15, 0.2) is 67.1 Å². The van der Waals surface area contributed by atoms with E-state index in [9.17, 15) is 9.90 Å². The van der Waals surface area contributed by atoms with Gasteiger partial charge in [0.25, 0.3) is 5.91 Å². The van der Waals surface area contributed by atoms with Gasteiger partial charge in [-0.3, -0.25) is 9.78 Å². The molecule has 10 heteroatoms. The molecule has 0 saturated carbocycles. The average Bonchev–Trinajstić information content (AvgIpc) is 3.34. The molecular formula is C28H28ClN5O4. The monoisotopic (exact) mass is 533 g/mol. The van der Waals surface area contributed by atoms with Gasteiger partial charge in [0.05, 0.1) is 27.7 Å². The molecule has 5 rings (SSSR count). The molecule has 1 aliphatic rings. The molecule has 196 valence electrons. The topological polar surface area (TPSA) is 110 Å². The van der Waals surface area contributed by atoms with Gasteiger partial charge in [-0.15, -0.1) is 0 Å². The van der Waals surface area contributed by atoms with Crippen LogP contribution in [0.25, 0.3) is 10.9 Å². The molecule has 1 atom stereocenters. The third-order valence-corrected chi connectivity index (χ3v) is 6.55. The molecule has 0 radical (unpaired) electrons. The normalized spacial score (nSPS) is 15.5. The SMILES string of the molecule is CC(C)(Oc1cccc2ncnc(Nc3ccc(OCc4ccccn4)c(Cl)c3)c12)C(=O)N1CCC(O)C1. The molecule has 1 amide bonds. The number of aromatic nitrogens is 3. The Kier molecular flexibility index (Phi) is 7.31. The van der Waals surface area contributed by atoms with E-state index in [2.05, 4.69) is 20.3 Å². The maximum absolute atomic E-state index is 13.2. The molecule has 3 heterocycles. The lowest BCUT2D eigenvalue weighted by Crippen LogP contribution is -2.48. The van der Waals surface area contributed by atoms with Gasteiger partial charge >= 0.3 is 0 Å². The van der Waals surface area contributed by atoms with Gasteiger partial charge in [0, 0.05) is 25.0 Å². The maximum atomic E-state index is 13.2. The number of aliphatic hydroxyl groups excluding tert-OH is 1. The van der Waals surface area contributed by atoms with E-state index in [0.29, 0.717) is 65.0 Å². The highest BCUT2D eigenvalue weighted by atomic mass is 35.5. The van der Waals surface area contributed by atoms with E-state index in [-0.39, 0.29) is 5.91 Å². The van der Waals surface area contributed by atoms with Crippen LogP contribution in [0.3, 0.4) is 0 Å². The second-order valence-electron chi connectivity index (χ2n) is 9.56. The molecule has 2 aromatic heterocycles. The summed E-state index contributed by atoms with van der Waals surface area (Å²) in [4.78, 5) is 27.9. The molecule has 2 aromatic carbocycles. The number of hydrogen-bond acceptors (Lipinski definition) is 8. The number of fused-ring (bicyclic) bond motifs is 1. The van der Waals surface area contributed by atoms with Crippen molar-refractivity contribution in [3.63, 3.8) is 0 Å². The molecule has 4 aromatic rings. The fraction of sp³-hybridized carbons (Fsp3) is 0.286. The number of benzene rings is 2. The Hall–Kier alpha value is -3.95. The number of nitrogens with one attached hydrogen (secondary N) is 1. The number of likely N-dealkylation sites (tertiary alicyclic amines) is 1. The van der Waals surface area contributed by atoms with E-state index in [0.717, 1.165) is 5.69 Å². The summed E-state index contributed by atoms with van der Waals surface area (Å²) in [7, 11) is 0. The molecule has 38 heavy (non-hydrogen) atoms. The van der Waals surface area contributed by atoms with Crippen LogP contribution in [0.4, 0.5) is 11.5 Å². The van der Waals surface area contributed by atoms with Crippen LogP contribution in [0.5, 0.6) is 11.5 Å². The van der Waals surface area contributed by atoms with E-state index in [1.165, 1.54) is 6.33 Å². The Morgan fingerprint density at radius 1 is 1.13 bits per heavy atom. The third-order valence-electron chi connectivity index (χ3n) is 6.25. The summed E-state index contributed by atoms with van der Waals surface area (Å²) in [6.07, 6.45) is 3.23. The molecule has 0 spiro atoms. The fourth-order valence-corrected chi connectivity index (χ4v) is 4.59. The zero-order valence-electron chi connectivity index (χ0n) is 21.1. The van der Waals surface area contributed by atoms with Crippen molar-refractivity contribution >= 4 is 39.9 Å². The van der Waals surface area contributed by atoms with Crippen LogP contribution >= 0.6 is 11.6 Å². The number of hydrogen-bond donors (Lipinski definition) is 2. The van der Waals surface area contributed by atoms with Gasteiger partial charge in [-0.05, 0) is 62.7 Å². The van der Waals surface area contributed by atoms with Gasteiger partial charge in [0.15, 0.2) is 5.60 Å². The predicted molar refractivity (Wildman–Crippen MR) is 145 cm³/mol. The number of rotatable bonds is 8. The standard InChI is InChI=1S/C28H28ClN5O4/c1-28(2,27(36)34-13-11-20(35)15-34)38-24-8-5-7-22-25(24)26(32-17-31-22)33-18-9-10-23(21(29)14-18)37-16-19-6-3-4-12-30-19/h3-10,12,14,17,20,35H,11,13,15-16H2,1-2H3,(H,31,32,33). The van der Waals surface area contributed by atoms with Crippen molar-refractivity contribution in [1.82, 2.24) is 19.9 Å². The quantitative estimate of drug-likeness (QED) is 0.334. The summed E-state index contributed by atoms with van der Waals surface area (Å²) in [5.41, 5.74) is 0.979. The average molecular weight is 534 g/mol. The number of carbonyl (C=O) groups excluding carboxylic acids is 1. The van der Waals surface area contributed by atoms with Crippen LogP contribution in [-0.2, 0) is 11.4 Å². The van der Waals surface area contributed by atoms with Crippen LogP contribution < -0.4 is 14.8 Å². The Morgan fingerprint density at radius 3 is 2.74 bits per heavy atom. The lowest BCUT2D eigenvalue weighted by molar-refractivity contribution is -0.144. The van der Waals surface area contributed by atoms with Crippen LogP contribution in [-0.4, -0.2) is 55.7 Å². The fourth-order valence-electron chi connectivity index (χ4n) is 4.35. The number of pyridine rings is 1. The number of carbonyl (C=O) groups is 1. The number of nitrogens with zero attached hydrogens (tertiary/aromatic N) is 4. The van der Waals surface area contributed by atoms with Crippen molar-refractivity contribution in [3.05, 3.63) is 77.8 Å². The first-order chi connectivity index (χ1) is 18.3. The van der Waals surface area contributed by atoms with Crippen molar-refractivity contribution in [2.75, 3.05) is 18.4 Å². The third kappa shape index (κ3) is 5.64.